The lowest BCUT2D eigenvalue weighted by atomic mass is 9.75. The van der Waals surface area contributed by atoms with E-state index in [2.05, 4.69) is 45.0 Å². The van der Waals surface area contributed by atoms with Crippen LogP contribution in [-0.2, 0) is 9.05 Å². The average molecular weight is 294 g/mol. The highest BCUT2D eigenvalue weighted by Crippen LogP contribution is 2.45. The highest BCUT2D eigenvalue weighted by atomic mass is 31.2. The maximum atomic E-state index is 6.41. The van der Waals surface area contributed by atoms with Crippen molar-refractivity contribution in [3.05, 3.63) is 30.3 Å². The highest BCUT2D eigenvalue weighted by molar-refractivity contribution is 7.56. The summed E-state index contributed by atoms with van der Waals surface area (Å²) in [7, 11) is 0.812. The van der Waals surface area contributed by atoms with Crippen LogP contribution in [0.5, 0.6) is 0 Å². The van der Waals surface area contributed by atoms with Crippen molar-refractivity contribution in [2.45, 2.75) is 46.1 Å². The molecule has 1 aliphatic carbocycles. The summed E-state index contributed by atoms with van der Waals surface area (Å²) in [5, 5.41) is 1.17. The van der Waals surface area contributed by atoms with E-state index in [-0.39, 0.29) is 0 Å². The molecule has 1 aromatic carbocycles. The lowest BCUT2D eigenvalue weighted by Crippen LogP contribution is -2.34. The van der Waals surface area contributed by atoms with Gasteiger partial charge in [-0.3, -0.25) is 0 Å². The molecule has 112 valence electrons. The van der Waals surface area contributed by atoms with E-state index in [1.54, 1.807) is 7.11 Å². The summed E-state index contributed by atoms with van der Waals surface area (Å²) < 4.78 is 12.1. The summed E-state index contributed by atoms with van der Waals surface area (Å²) in [4.78, 5) is 0. The van der Waals surface area contributed by atoms with Crippen molar-refractivity contribution in [3.63, 3.8) is 0 Å². The fraction of sp³-hybridized carbons (Fsp3) is 0.647. The van der Waals surface area contributed by atoms with Gasteiger partial charge in [-0.1, -0.05) is 45.4 Å². The number of hydrogen-bond donors (Lipinski definition) is 0. The SMILES string of the molecule is COP(OC1CC(C)CCC1C(C)C)c1ccccc1. The molecule has 0 spiro atoms. The largest absolute Gasteiger partial charge is 0.334 e. The monoisotopic (exact) mass is 294 g/mol. The van der Waals surface area contributed by atoms with Gasteiger partial charge in [0, 0.05) is 12.4 Å². The van der Waals surface area contributed by atoms with E-state index in [0.29, 0.717) is 17.9 Å². The minimum atomic E-state index is -0.947. The van der Waals surface area contributed by atoms with Crippen LogP contribution in [0.2, 0.25) is 0 Å². The van der Waals surface area contributed by atoms with Gasteiger partial charge in [0.05, 0.1) is 6.10 Å². The molecular weight excluding hydrogens is 267 g/mol. The first kappa shape index (κ1) is 15.9. The molecule has 20 heavy (non-hydrogen) atoms. The predicted octanol–water partition coefficient (Wildman–Crippen LogP) is 4.75. The third kappa shape index (κ3) is 4.04. The Kier molecular flexibility index (Phi) is 6.01. The molecule has 1 aromatic rings. The Labute approximate surface area is 124 Å². The molecule has 3 heteroatoms. The van der Waals surface area contributed by atoms with Gasteiger partial charge in [0.15, 0.2) is 0 Å². The van der Waals surface area contributed by atoms with E-state index in [0.717, 1.165) is 12.3 Å². The second-order valence-electron chi connectivity index (χ2n) is 6.25. The first-order valence-corrected chi connectivity index (χ1v) is 8.85. The summed E-state index contributed by atoms with van der Waals surface area (Å²) in [5.74, 6) is 2.10. The normalized spacial score (nSPS) is 28.6. The second kappa shape index (κ2) is 7.54. The molecular formula is C17H27O2P. The van der Waals surface area contributed by atoms with E-state index < -0.39 is 8.38 Å². The molecule has 0 radical (unpaired) electrons. The molecule has 0 amide bonds. The quantitative estimate of drug-likeness (QED) is 0.730. The van der Waals surface area contributed by atoms with Gasteiger partial charge in [-0.25, -0.2) is 0 Å². The van der Waals surface area contributed by atoms with E-state index in [4.69, 9.17) is 9.05 Å². The first-order valence-electron chi connectivity index (χ1n) is 7.68. The third-order valence-electron chi connectivity index (χ3n) is 4.33. The van der Waals surface area contributed by atoms with Crippen LogP contribution in [0.15, 0.2) is 30.3 Å². The average Bonchev–Trinajstić information content (AvgIpc) is 2.45. The van der Waals surface area contributed by atoms with Crippen molar-refractivity contribution >= 4 is 13.7 Å². The Morgan fingerprint density at radius 2 is 1.85 bits per heavy atom. The van der Waals surface area contributed by atoms with Crippen molar-refractivity contribution in [2.75, 3.05) is 7.11 Å². The third-order valence-corrected chi connectivity index (χ3v) is 5.84. The van der Waals surface area contributed by atoms with Crippen LogP contribution in [0.4, 0.5) is 0 Å². The van der Waals surface area contributed by atoms with Gasteiger partial charge in [-0.2, -0.15) is 0 Å². The zero-order chi connectivity index (χ0) is 14.5. The fourth-order valence-electron chi connectivity index (χ4n) is 3.12. The van der Waals surface area contributed by atoms with E-state index in [1.165, 1.54) is 18.1 Å². The summed E-state index contributed by atoms with van der Waals surface area (Å²) in [6.07, 6.45) is 4.12. The molecule has 1 saturated carbocycles. The van der Waals surface area contributed by atoms with Gasteiger partial charge in [-0.05, 0) is 42.7 Å². The highest BCUT2D eigenvalue weighted by Gasteiger charge is 2.33. The molecule has 0 aromatic heterocycles. The topological polar surface area (TPSA) is 18.5 Å². The Bertz CT molecular complexity index is 393. The van der Waals surface area contributed by atoms with Crippen LogP contribution >= 0.6 is 8.38 Å². The van der Waals surface area contributed by atoms with Crippen LogP contribution in [-0.4, -0.2) is 13.2 Å². The van der Waals surface area contributed by atoms with Crippen molar-refractivity contribution in [3.8, 4) is 0 Å². The lowest BCUT2D eigenvalue weighted by Gasteiger charge is -2.38. The Morgan fingerprint density at radius 1 is 1.15 bits per heavy atom. The Balaban J connectivity index is 2.08. The maximum Gasteiger partial charge on any atom is 0.205 e. The van der Waals surface area contributed by atoms with Crippen LogP contribution < -0.4 is 5.30 Å². The van der Waals surface area contributed by atoms with Gasteiger partial charge in [0.1, 0.15) is 0 Å². The molecule has 0 saturated heterocycles. The molecule has 4 unspecified atom stereocenters. The summed E-state index contributed by atoms with van der Waals surface area (Å²) in [6, 6.07) is 10.3. The van der Waals surface area contributed by atoms with E-state index >= 15 is 0 Å². The standard InChI is InChI=1S/C17H27O2P/c1-13(2)16-11-10-14(3)12-17(16)19-20(18-4)15-8-6-5-7-9-15/h5-9,13-14,16-17H,10-12H2,1-4H3. The Morgan fingerprint density at radius 3 is 2.45 bits per heavy atom. The van der Waals surface area contributed by atoms with Crippen molar-refractivity contribution in [2.24, 2.45) is 17.8 Å². The van der Waals surface area contributed by atoms with Crippen molar-refractivity contribution < 1.29 is 9.05 Å². The number of benzene rings is 1. The van der Waals surface area contributed by atoms with E-state index in [9.17, 15) is 0 Å². The van der Waals surface area contributed by atoms with E-state index in [1.807, 2.05) is 6.07 Å². The second-order valence-corrected chi connectivity index (χ2v) is 7.85. The van der Waals surface area contributed by atoms with Gasteiger partial charge in [0.25, 0.3) is 0 Å². The molecule has 0 aliphatic heterocycles. The van der Waals surface area contributed by atoms with Crippen molar-refractivity contribution in [1.82, 2.24) is 0 Å². The van der Waals surface area contributed by atoms with Crippen molar-refractivity contribution in [1.29, 1.82) is 0 Å². The predicted molar refractivity (Wildman–Crippen MR) is 86.2 cm³/mol. The Hall–Kier alpha value is -0.430. The summed E-state index contributed by atoms with van der Waals surface area (Å²) in [5.41, 5.74) is 0. The summed E-state index contributed by atoms with van der Waals surface area (Å²) >= 11 is 0. The van der Waals surface area contributed by atoms with Crippen LogP contribution in [0.25, 0.3) is 0 Å². The lowest BCUT2D eigenvalue weighted by molar-refractivity contribution is 0.0470. The number of hydrogen-bond acceptors (Lipinski definition) is 2. The van der Waals surface area contributed by atoms with Crippen LogP contribution in [0.3, 0.4) is 0 Å². The maximum absolute atomic E-state index is 6.41. The molecule has 0 N–H and O–H groups in total. The molecule has 4 atom stereocenters. The molecule has 1 aliphatic rings. The molecule has 1 fully saturated rings. The summed E-state index contributed by atoms with van der Waals surface area (Å²) in [6.45, 7) is 6.97. The molecule has 0 bridgehead atoms. The van der Waals surface area contributed by atoms with Crippen LogP contribution in [0.1, 0.15) is 40.0 Å². The smallest absolute Gasteiger partial charge is 0.205 e. The van der Waals surface area contributed by atoms with Gasteiger partial charge in [-0.15, -0.1) is 0 Å². The zero-order valence-corrected chi connectivity index (χ0v) is 14.0. The molecule has 2 nitrogen and oxygen atoms in total. The number of rotatable bonds is 5. The van der Waals surface area contributed by atoms with Crippen LogP contribution in [0, 0.1) is 17.8 Å². The minimum absolute atomic E-state index is 0.338. The van der Waals surface area contributed by atoms with Gasteiger partial charge >= 0.3 is 0 Å². The zero-order valence-electron chi connectivity index (χ0n) is 13.1. The van der Waals surface area contributed by atoms with Gasteiger partial charge < -0.3 is 9.05 Å². The molecule has 0 heterocycles. The first-order chi connectivity index (χ1) is 9.61. The molecule has 2 rings (SSSR count). The minimum Gasteiger partial charge on any atom is -0.334 e. The van der Waals surface area contributed by atoms with Gasteiger partial charge in [0.2, 0.25) is 8.38 Å². The fourth-order valence-corrected chi connectivity index (χ4v) is 4.44.